The smallest absolute Gasteiger partial charge is 0.244 e. The van der Waals surface area contributed by atoms with Crippen LogP contribution in [-0.4, -0.2) is 28.2 Å². The summed E-state index contributed by atoms with van der Waals surface area (Å²) in [5, 5.41) is 11.6. The van der Waals surface area contributed by atoms with E-state index in [-0.39, 0.29) is 11.9 Å². The Morgan fingerprint density at radius 1 is 1.32 bits per heavy atom. The monoisotopic (exact) mass is 377 g/mol. The topological polar surface area (TPSA) is 78.9 Å². The average Bonchev–Trinajstić information content (AvgIpc) is 3.23. The molecule has 1 amide bonds. The third kappa shape index (κ3) is 5.50. The number of aromatic nitrogens is 2. The van der Waals surface area contributed by atoms with Crippen LogP contribution in [0.4, 0.5) is 5.13 Å². The highest BCUT2D eigenvalue weighted by atomic mass is 32.2. The van der Waals surface area contributed by atoms with Gasteiger partial charge in [-0.15, -0.1) is 10.2 Å². The minimum absolute atomic E-state index is 0.0606. The maximum Gasteiger partial charge on any atom is 0.244 e. The second-order valence-electron chi connectivity index (χ2n) is 6.54. The van der Waals surface area contributed by atoms with Gasteiger partial charge >= 0.3 is 0 Å². The first-order valence-corrected chi connectivity index (χ1v) is 10.2. The molecule has 2 heterocycles. The molecule has 134 valence electrons. The zero-order valence-electron chi connectivity index (χ0n) is 14.4. The molecule has 1 aliphatic rings. The molecule has 2 unspecified atom stereocenters. The van der Waals surface area contributed by atoms with Crippen molar-refractivity contribution in [3.05, 3.63) is 35.9 Å². The second-order valence-corrected chi connectivity index (χ2v) is 8.74. The number of benzene rings is 1. The Labute approximate surface area is 156 Å². The molecule has 2 aromatic rings. The van der Waals surface area contributed by atoms with Crippen LogP contribution >= 0.6 is 23.1 Å². The Bertz CT molecular complexity index is 691. The molecule has 0 aliphatic carbocycles. The first-order valence-electron chi connectivity index (χ1n) is 8.42. The number of rotatable bonds is 7. The van der Waals surface area contributed by atoms with Gasteiger partial charge in [-0.25, -0.2) is 5.43 Å². The van der Waals surface area contributed by atoms with E-state index >= 15 is 0 Å². The van der Waals surface area contributed by atoms with E-state index in [9.17, 15) is 4.79 Å². The number of carbonyl (C=O) groups excluding carboxylic acids is 1. The SMILES string of the molecule is CC(C)CC1CC(C(=O)Nc2nnc(SCc3ccccc3)s2)NN1. The summed E-state index contributed by atoms with van der Waals surface area (Å²) in [7, 11) is 0. The summed E-state index contributed by atoms with van der Waals surface area (Å²) >= 11 is 3.04. The number of nitrogens with zero attached hydrogens (tertiary/aromatic N) is 2. The van der Waals surface area contributed by atoms with E-state index < -0.39 is 0 Å². The maximum absolute atomic E-state index is 12.4. The van der Waals surface area contributed by atoms with Crippen molar-refractivity contribution >= 4 is 34.1 Å². The van der Waals surface area contributed by atoms with E-state index in [4.69, 9.17) is 0 Å². The van der Waals surface area contributed by atoms with Crippen molar-refractivity contribution in [1.29, 1.82) is 0 Å². The minimum atomic E-state index is -0.229. The Balaban J connectivity index is 1.47. The van der Waals surface area contributed by atoms with Gasteiger partial charge in [0.05, 0.1) is 0 Å². The first-order chi connectivity index (χ1) is 12.1. The number of amides is 1. The minimum Gasteiger partial charge on any atom is -0.299 e. The molecule has 2 atom stereocenters. The number of hydrogen-bond acceptors (Lipinski definition) is 7. The fraction of sp³-hybridized carbons (Fsp3) is 0.471. The maximum atomic E-state index is 12.4. The quantitative estimate of drug-likeness (QED) is 0.508. The number of anilines is 1. The fourth-order valence-corrected chi connectivity index (χ4v) is 4.46. The Hall–Kier alpha value is -1.48. The number of nitrogens with one attached hydrogen (secondary N) is 3. The lowest BCUT2D eigenvalue weighted by atomic mass is 10.00. The van der Waals surface area contributed by atoms with Crippen molar-refractivity contribution in [3.8, 4) is 0 Å². The Kier molecular flexibility index (Phi) is 6.41. The van der Waals surface area contributed by atoms with Crippen LogP contribution in [0.2, 0.25) is 0 Å². The van der Waals surface area contributed by atoms with Crippen LogP contribution < -0.4 is 16.2 Å². The normalized spacial score (nSPS) is 20.1. The standard InChI is InChI=1S/C17H23N5OS2/c1-11(2)8-13-9-14(20-19-13)15(23)18-16-21-22-17(25-16)24-10-12-6-4-3-5-7-12/h3-7,11,13-14,19-20H,8-10H2,1-2H3,(H,18,21,23). The van der Waals surface area contributed by atoms with Crippen LogP contribution in [0.1, 0.15) is 32.3 Å². The van der Waals surface area contributed by atoms with Gasteiger partial charge in [0, 0.05) is 11.8 Å². The van der Waals surface area contributed by atoms with Crippen LogP contribution in [0.15, 0.2) is 34.7 Å². The Morgan fingerprint density at radius 2 is 2.12 bits per heavy atom. The summed E-state index contributed by atoms with van der Waals surface area (Å²) in [6.45, 7) is 4.37. The lowest BCUT2D eigenvalue weighted by Crippen LogP contribution is -2.40. The lowest BCUT2D eigenvalue weighted by molar-refractivity contribution is -0.117. The number of thioether (sulfide) groups is 1. The van der Waals surface area contributed by atoms with E-state index in [1.54, 1.807) is 11.8 Å². The highest BCUT2D eigenvalue weighted by molar-refractivity contribution is 8.00. The molecule has 0 radical (unpaired) electrons. The number of hydrogen-bond donors (Lipinski definition) is 3. The van der Waals surface area contributed by atoms with Crippen molar-refractivity contribution < 1.29 is 4.79 Å². The summed E-state index contributed by atoms with van der Waals surface area (Å²) in [5.41, 5.74) is 7.52. The molecule has 0 bridgehead atoms. The van der Waals surface area contributed by atoms with Gasteiger partial charge in [-0.1, -0.05) is 67.3 Å². The van der Waals surface area contributed by atoms with Crippen molar-refractivity contribution in [2.24, 2.45) is 5.92 Å². The van der Waals surface area contributed by atoms with E-state index in [2.05, 4.69) is 52.3 Å². The lowest BCUT2D eigenvalue weighted by Gasteiger charge is -2.11. The van der Waals surface area contributed by atoms with E-state index in [1.807, 2.05) is 18.2 Å². The number of carbonyl (C=O) groups is 1. The highest BCUT2D eigenvalue weighted by Crippen LogP contribution is 2.28. The highest BCUT2D eigenvalue weighted by Gasteiger charge is 2.30. The summed E-state index contributed by atoms with van der Waals surface area (Å²) in [5.74, 6) is 1.39. The molecule has 1 fully saturated rings. The molecule has 0 spiro atoms. The van der Waals surface area contributed by atoms with Gasteiger partial charge in [-0.3, -0.25) is 15.5 Å². The molecular weight excluding hydrogens is 354 g/mol. The summed E-state index contributed by atoms with van der Waals surface area (Å²) in [6, 6.07) is 10.3. The summed E-state index contributed by atoms with van der Waals surface area (Å²) in [6.07, 6.45) is 1.84. The van der Waals surface area contributed by atoms with Crippen molar-refractivity contribution in [2.75, 3.05) is 5.32 Å². The molecule has 25 heavy (non-hydrogen) atoms. The van der Waals surface area contributed by atoms with E-state index in [0.717, 1.165) is 22.9 Å². The molecule has 1 saturated heterocycles. The van der Waals surface area contributed by atoms with Crippen molar-refractivity contribution in [3.63, 3.8) is 0 Å². The molecule has 3 N–H and O–H groups in total. The molecule has 1 aromatic carbocycles. The Morgan fingerprint density at radius 3 is 2.88 bits per heavy atom. The third-order valence-electron chi connectivity index (χ3n) is 3.90. The molecular formula is C17H23N5OS2. The van der Waals surface area contributed by atoms with Gasteiger partial charge in [0.15, 0.2) is 4.34 Å². The van der Waals surface area contributed by atoms with E-state index in [0.29, 0.717) is 17.1 Å². The van der Waals surface area contributed by atoms with Gasteiger partial charge in [0.25, 0.3) is 0 Å². The van der Waals surface area contributed by atoms with Crippen LogP contribution in [0.5, 0.6) is 0 Å². The van der Waals surface area contributed by atoms with Crippen LogP contribution in [-0.2, 0) is 10.5 Å². The number of hydrazine groups is 1. The summed E-state index contributed by atoms with van der Waals surface area (Å²) < 4.78 is 0.856. The van der Waals surface area contributed by atoms with Gasteiger partial charge in [0.2, 0.25) is 11.0 Å². The van der Waals surface area contributed by atoms with Crippen LogP contribution in [0.25, 0.3) is 0 Å². The molecule has 1 aliphatic heterocycles. The predicted molar refractivity (Wildman–Crippen MR) is 102 cm³/mol. The summed E-state index contributed by atoms with van der Waals surface area (Å²) in [4.78, 5) is 12.4. The molecule has 0 saturated carbocycles. The molecule has 3 rings (SSSR count). The van der Waals surface area contributed by atoms with Crippen LogP contribution in [0.3, 0.4) is 0 Å². The van der Waals surface area contributed by atoms with Gasteiger partial charge < -0.3 is 0 Å². The van der Waals surface area contributed by atoms with Gasteiger partial charge in [0.1, 0.15) is 6.04 Å². The predicted octanol–water partition coefficient (Wildman–Crippen LogP) is 3.05. The fourth-order valence-electron chi connectivity index (χ4n) is 2.75. The molecule has 1 aromatic heterocycles. The molecule has 8 heteroatoms. The van der Waals surface area contributed by atoms with E-state index in [1.165, 1.54) is 16.9 Å². The average molecular weight is 378 g/mol. The van der Waals surface area contributed by atoms with Gasteiger partial charge in [-0.2, -0.15) is 0 Å². The first kappa shape index (κ1) is 18.3. The van der Waals surface area contributed by atoms with Crippen LogP contribution in [0, 0.1) is 5.92 Å². The second kappa shape index (κ2) is 8.75. The zero-order valence-corrected chi connectivity index (χ0v) is 16.0. The van der Waals surface area contributed by atoms with Gasteiger partial charge in [-0.05, 0) is 24.3 Å². The van der Waals surface area contributed by atoms with Crippen molar-refractivity contribution in [1.82, 2.24) is 21.0 Å². The zero-order chi connectivity index (χ0) is 17.6. The third-order valence-corrected chi connectivity index (χ3v) is 5.94. The molecule has 6 nitrogen and oxygen atoms in total. The largest absolute Gasteiger partial charge is 0.299 e. The van der Waals surface area contributed by atoms with Crippen molar-refractivity contribution in [2.45, 2.75) is 48.9 Å².